The van der Waals surface area contributed by atoms with Gasteiger partial charge in [0.05, 0.1) is 0 Å². The lowest BCUT2D eigenvalue weighted by Gasteiger charge is -2.18. The van der Waals surface area contributed by atoms with E-state index in [1.165, 1.54) is 4.57 Å². The molecule has 2 aromatic heterocycles. The molecule has 140 valence electrons. The summed E-state index contributed by atoms with van der Waals surface area (Å²) in [6.07, 6.45) is 3.75. The monoisotopic (exact) mass is 391 g/mol. The summed E-state index contributed by atoms with van der Waals surface area (Å²) in [5, 5.41) is 4.31. The zero-order valence-corrected chi connectivity index (χ0v) is 15.7. The molecule has 6 heteroatoms. The summed E-state index contributed by atoms with van der Waals surface area (Å²) >= 11 is 6.02. The number of aromatic nitrogens is 2. The number of carbonyl (C=O) groups is 2. The van der Waals surface area contributed by atoms with Crippen LogP contribution in [-0.2, 0) is 6.42 Å². The van der Waals surface area contributed by atoms with Crippen molar-refractivity contribution in [1.82, 2.24) is 14.9 Å². The van der Waals surface area contributed by atoms with E-state index in [1.54, 1.807) is 42.7 Å². The normalized spacial score (nSPS) is 12.0. The van der Waals surface area contributed by atoms with E-state index in [2.05, 4.69) is 10.3 Å². The highest BCUT2D eigenvalue weighted by Gasteiger charge is 2.23. The number of nitrogens with zero attached hydrogens (tertiary/aromatic N) is 1. The topological polar surface area (TPSA) is 66.9 Å². The molecule has 2 aromatic carbocycles. The fourth-order valence-corrected chi connectivity index (χ4v) is 3.35. The number of aromatic amines is 1. The van der Waals surface area contributed by atoms with Crippen molar-refractivity contribution < 1.29 is 9.59 Å². The molecule has 0 spiro atoms. The highest BCUT2D eigenvalue weighted by Crippen LogP contribution is 2.20. The first kappa shape index (κ1) is 18.1. The van der Waals surface area contributed by atoms with Gasteiger partial charge in [-0.3, -0.25) is 14.2 Å². The second-order valence-corrected chi connectivity index (χ2v) is 7.00. The molecule has 1 amide bonds. The quantitative estimate of drug-likeness (QED) is 0.532. The predicted octanol–water partition coefficient (Wildman–Crippen LogP) is 4.30. The van der Waals surface area contributed by atoms with Crippen LogP contribution < -0.4 is 5.32 Å². The third-order valence-electron chi connectivity index (χ3n) is 4.57. The third kappa shape index (κ3) is 3.85. The molecule has 1 unspecified atom stereocenters. The van der Waals surface area contributed by atoms with E-state index >= 15 is 0 Å². The lowest BCUT2D eigenvalue weighted by molar-refractivity contribution is 0.0802. The van der Waals surface area contributed by atoms with Crippen molar-refractivity contribution in [2.45, 2.75) is 12.5 Å². The fraction of sp³-hybridized carbons (Fsp3) is 0.0909. The van der Waals surface area contributed by atoms with Crippen LogP contribution in [0.2, 0.25) is 5.02 Å². The van der Waals surface area contributed by atoms with E-state index in [0.29, 0.717) is 17.1 Å². The summed E-state index contributed by atoms with van der Waals surface area (Å²) in [6, 6.07) is 19.6. The van der Waals surface area contributed by atoms with Gasteiger partial charge in [-0.2, -0.15) is 0 Å². The zero-order valence-electron chi connectivity index (χ0n) is 14.9. The Morgan fingerprint density at radius 1 is 1.00 bits per heavy atom. The Bertz CT molecular complexity index is 1120. The maximum Gasteiger partial charge on any atom is 0.268 e. The van der Waals surface area contributed by atoms with E-state index < -0.39 is 6.04 Å². The van der Waals surface area contributed by atoms with Gasteiger partial charge in [0.25, 0.3) is 11.8 Å². The Kier molecular flexibility index (Phi) is 5.00. The highest BCUT2D eigenvalue weighted by molar-refractivity contribution is 6.31. The van der Waals surface area contributed by atoms with Crippen LogP contribution in [0.4, 0.5) is 0 Å². The van der Waals surface area contributed by atoms with Gasteiger partial charge >= 0.3 is 0 Å². The van der Waals surface area contributed by atoms with Crippen molar-refractivity contribution in [3.63, 3.8) is 0 Å². The second-order valence-electron chi connectivity index (χ2n) is 6.56. The lowest BCUT2D eigenvalue weighted by atomic mass is 10.0. The minimum atomic E-state index is -0.697. The van der Waals surface area contributed by atoms with E-state index in [0.717, 1.165) is 16.5 Å². The van der Waals surface area contributed by atoms with Crippen LogP contribution in [0.15, 0.2) is 79.1 Å². The highest BCUT2D eigenvalue weighted by atomic mass is 35.5. The van der Waals surface area contributed by atoms with Gasteiger partial charge in [0, 0.05) is 34.7 Å². The molecular weight excluding hydrogens is 374 g/mol. The Balaban J connectivity index is 1.60. The van der Waals surface area contributed by atoms with Gasteiger partial charge in [0.2, 0.25) is 0 Å². The van der Waals surface area contributed by atoms with E-state index in [-0.39, 0.29) is 11.8 Å². The third-order valence-corrected chi connectivity index (χ3v) is 4.81. The molecule has 0 radical (unpaired) electrons. The standard InChI is InChI=1S/C22H18ClN3O2/c23-17-8-9-18-16(13-17)14-19(24-18)21(27)25-20(12-15-6-2-1-3-7-15)22(28)26-10-4-5-11-26/h1-11,13-14,20,24H,12H2,(H,25,27). The Hall–Kier alpha value is -3.31. The second kappa shape index (κ2) is 7.74. The Morgan fingerprint density at radius 2 is 1.75 bits per heavy atom. The van der Waals surface area contributed by atoms with E-state index in [4.69, 9.17) is 11.6 Å². The first-order valence-corrected chi connectivity index (χ1v) is 9.28. The Morgan fingerprint density at radius 3 is 2.50 bits per heavy atom. The summed E-state index contributed by atoms with van der Waals surface area (Å²) in [4.78, 5) is 28.8. The molecule has 0 fully saturated rings. The summed E-state index contributed by atoms with van der Waals surface area (Å²) in [5.74, 6) is -0.532. The van der Waals surface area contributed by atoms with Crippen molar-refractivity contribution in [2.75, 3.05) is 0 Å². The van der Waals surface area contributed by atoms with Crippen LogP contribution in [0.3, 0.4) is 0 Å². The smallest absolute Gasteiger partial charge is 0.268 e. The molecule has 5 nitrogen and oxygen atoms in total. The molecule has 0 saturated carbocycles. The molecule has 2 heterocycles. The minimum Gasteiger partial charge on any atom is -0.351 e. The number of hydrogen-bond acceptors (Lipinski definition) is 2. The number of rotatable bonds is 5. The number of hydrogen-bond donors (Lipinski definition) is 2. The summed E-state index contributed by atoms with van der Waals surface area (Å²) in [6.45, 7) is 0. The molecular formula is C22H18ClN3O2. The zero-order chi connectivity index (χ0) is 19.5. The number of nitrogens with one attached hydrogen (secondary N) is 2. The van der Waals surface area contributed by atoms with Gasteiger partial charge in [-0.15, -0.1) is 0 Å². The van der Waals surface area contributed by atoms with E-state index in [9.17, 15) is 9.59 Å². The fourth-order valence-electron chi connectivity index (χ4n) is 3.17. The number of H-pyrrole nitrogens is 1. The van der Waals surface area contributed by atoms with Crippen molar-refractivity contribution >= 4 is 34.3 Å². The maximum absolute atomic E-state index is 12.9. The lowest BCUT2D eigenvalue weighted by Crippen LogP contribution is -2.44. The molecule has 0 saturated heterocycles. The van der Waals surface area contributed by atoms with Gasteiger partial charge in [-0.05, 0) is 42.0 Å². The maximum atomic E-state index is 12.9. The Labute approximate surface area is 166 Å². The number of halogens is 1. The molecule has 2 N–H and O–H groups in total. The van der Waals surface area contributed by atoms with Crippen LogP contribution in [0.1, 0.15) is 20.8 Å². The van der Waals surface area contributed by atoms with E-state index in [1.807, 2.05) is 36.4 Å². The first-order valence-electron chi connectivity index (χ1n) is 8.90. The molecule has 4 aromatic rings. The number of carbonyl (C=O) groups excluding carboxylic acids is 2. The van der Waals surface area contributed by atoms with Gasteiger partial charge in [0.1, 0.15) is 11.7 Å². The van der Waals surface area contributed by atoms with Crippen LogP contribution >= 0.6 is 11.6 Å². The SMILES string of the molecule is O=C(NC(Cc1ccccc1)C(=O)n1cccc1)c1cc2cc(Cl)ccc2[nH]1. The van der Waals surface area contributed by atoms with Crippen LogP contribution in [0.25, 0.3) is 10.9 Å². The molecule has 28 heavy (non-hydrogen) atoms. The average Bonchev–Trinajstić information content (AvgIpc) is 3.37. The molecule has 1 atom stereocenters. The molecule has 0 bridgehead atoms. The van der Waals surface area contributed by atoms with Crippen LogP contribution in [0.5, 0.6) is 0 Å². The van der Waals surface area contributed by atoms with Crippen LogP contribution in [-0.4, -0.2) is 27.4 Å². The molecule has 4 rings (SSSR count). The number of benzene rings is 2. The predicted molar refractivity (Wildman–Crippen MR) is 110 cm³/mol. The van der Waals surface area contributed by atoms with Crippen molar-refractivity contribution in [3.05, 3.63) is 95.4 Å². The van der Waals surface area contributed by atoms with Gasteiger partial charge in [-0.25, -0.2) is 0 Å². The van der Waals surface area contributed by atoms with Gasteiger partial charge in [-0.1, -0.05) is 41.9 Å². The molecule has 0 aliphatic rings. The first-order chi connectivity index (χ1) is 13.6. The van der Waals surface area contributed by atoms with Gasteiger partial charge in [0.15, 0.2) is 0 Å². The van der Waals surface area contributed by atoms with Gasteiger partial charge < -0.3 is 10.3 Å². The largest absolute Gasteiger partial charge is 0.351 e. The number of fused-ring (bicyclic) bond motifs is 1. The summed E-state index contributed by atoms with van der Waals surface area (Å²) in [5.41, 5.74) is 2.17. The molecule has 0 aliphatic carbocycles. The minimum absolute atomic E-state index is 0.193. The molecule has 0 aliphatic heterocycles. The van der Waals surface area contributed by atoms with Crippen molar-refractivity contribution in [1.29, 1.82) is 0 Å². The van der Waals surface area contributed by atoms with Crippen LogP contribution in [0, 0.1) is 0 Å². The summed E-state index contributed by atoms with van der Waals surface area (Å²) in [7, 11) is 0. The van der Waals surface area contributed by atoms with Crippen molar-refractivity contribution in [2.24, 2.45) is 0 Å². The average molecular weight is 392 g/mol. The summed E-state index contributed by atoms with van der Waals surface area (Å²) < 4.78 is 1.48. The van der Waals surface area contributed by atoms with Crippen molar-refractivity contribution in [3.8, 4) is 0 Å². The number of amides is 1.